The summed E-state index contributed by atoms with van der Waals surface area (Å²) in [5.41, 5.74) is 8.92. The van der Waals surface area contributed by atoms with Crippen LogP contribution in [0, 0.1) is 0 Å². The molecule has 2 saturated heterocycles. The summed E-state index contributed by atoms with van der Waals surface area (Å²) < 4.78 is 5.46. The zero-order chi connectivity index (χ0) is 14.7. The van der Waals surface area contributed by atoms with E-state index in [1.807, 2.05) is 0 Å². The molecule has 2 atom stereocenters. The van der Waals surface area contributed by atoms with Gasteiger partial charge in [-0.1, -0.05) is 25.1 Å². The van der Waals surface area contributed by atoms with Gasteiger partial charge in [0.2, 0.25) is 0 Å². The number of nitrogens with zero attached hydrogens (tertiary/aromatic N) is 2. The molecule has 0 aliphatic carbocycles. The summed E-state index contributed by atoms with van der Waals surface area (Å²) in [4.78, 5) is 5.11. The third kappa shape index (κ3) is 3.23. The Morgan fingerprint density at radius 3 is 2.76 bits per heavy atom. The molecule has 2 N–H and O–H groups in total. The second-order valence-corrected chi connectivity index (χ2v) is 6.11. The van der Waals surface area contributed by atoms with E-state index in [2.05, 4.69) is 41.0 Å². The minimum absolute atomic E-state index is 0.142. The van der Waals surface area contributed by atoms with Gasteiger partial charge in [0.25, 0.3) is 0 Å². The third-order valence-corrected chi connectivity index (χ3v) is 4.84. The zero-order valence-corrected chi connectivity index (χ0v) is 13.0. The van der Waals surface area contributed by atoms with E-state index in [4.69, 9.17) is 10.5 Å². The summed E-state index contributed by atoms with van der Waals surface area (Å²) in [7, 11) is 0. The molecule has 3 rings (SSSR count). The summed E-state index contributed by atoms with van der Waals surface area (Å²) in [6, 6.07) is 9.45. The monoisotopic (exact) mass is 289 g/mol. The normalized spacial score (nSPS) is 25.2. The first-order valence-electron chi connectivity index (χ1n) is 8.21. The fraction of sp³-hybridized carbons (Fsp3) is 0.647. The summed E-state index contributed by atoms with van der Waals surface area (Å²) in [6.45, 7) is 8.33. The van der Waals surface area contributed by atoms with Crippen molar-refractivity contribution in [3.63, 3.8) is 0 Å². The highest BCUT2D eigenvalue weighted by molar-refractivity contribution is 5.56. The van der Waals surface area contributed by atoms with Crippen molar-refractivity contribution in [1.29, 1.82) is 0 Å². The molecule has 2 aliphatic heterocycles. The summed E-state index contributed by atoms with van der Waals surface area (Å²) in [6.07, 6.45) is 2.23. The van der Waals surface area contributed by atoms with Crippen LogP contribution in [0.3, 0.4) is 0 Å². The van der Waals surface area contributed by atoms with Gasteiger partial charge in [0.15, 0.2) is 0 Å². The Morgan fingerprint density at radius 2 is 2.00 bits per heavy atom. The number of benzene rings is 1. The maximum atomic E-state index is 6.29. The molecule has 4 heteroatoms. The second-order valence-electron chi connectivity index (χ2n) is 6.11. The molecule has 0 spiro atoms. The Balaban J connectivity index is 1.71. The fourth-order valence-electron chi connectivity index (χ4n) is 3.51. The van der Waals surface area contributed by atoms with Gasteiger partial charge in [-0.3, -0.25) is 4.90 Å². The van der Waals surface area contributed by atoms with Crippen LogP contribution in [0.5, 0.6) is 0 Å². The average molecular weight is 289 g/mol. The zero-order valence-electron chi connectivity index (χ0n) is 13.0. The Labute approximate surface area is 127 Å². The van der Waals surface area contributed by atoms with Crippen molar-refractivity contribution >= 4 is 5.69 Å². The molecule has 0 bridgehead atoms. The maximum Gasteiger partial charge on any atom is 0.0594 e. The Morgan fingerprint density at radius 1 is 1.24 bits per heavy atom. The predicted molar refractivity (Wildman–Crippen MR) is 86.7 cm³/mol. The number of anilines is 1. The highest BCUT2D eigenvalue weighted by atomic mass is 16.5. The molecule has 21 heavy (non-hydrogen) atoms. The highest BCUT2D eigenvalue weighted by Crippen LogP contribution is 2.30. The van der Waals surface area contributed by atoms with E-state index < -0.39 is 0 Å². The van der Waals surface area contributed by atoms with Crippen molar-refractivity contribution in [2.75, 3.05) is 44.3 Å². The quantitative estimate of drug-likeness (QED) is 0.920. The van der Waals surface area contributed by atoms with Gasteiger partial charge in [-0.2, -0.15) is 0 Å². The first-order chi connectivity index (χ1) is 10.3. The topological polar surface area (TPSA) is 41.7 Å². The number of para-hydroxylation sites is 1. The van der Waals surface area contributed by atoms with Crippen molar-refractivity contribution in [2.45, 2.75) is 31.8 Å². The fourth-order valence-corrected chi connectivity index (χ4v) is 3.51. The van der Waals surface area contributed by atoms with Gasteiger partial charge in [0.05, 0.1) is 13.2 Å². The van der Waals surface area contributed by atoms with Crippen molar-refractivity contribution in [2.24, 2.45) is 5.73 Å². The average Bonchev–Trinajstić information content (AvgIpc) is 3.05. The Hall–Kier alpha value is -1.10. The molecular formula is C17H27N3O. The molecule has 0 radical (unpaired) electrons. The molecule has 2 heterocycles. The molecule has 2 unspecified atom stereocenters. The summed E-state index contributed by atoms with van der Waals surface area (Å²) in [5, 5.41) is 0. The van der Waals surface area contributed by atoms with E-state index in [1.54, 1.807) is 0 Å². The molecule has 1 aromatic carbocycles. The van der Waals surface area contributed by atoms with E-state index in [-0.39, 0.29) is 6.04 Å². The van der Waals surface area contributed by atoms with Gasteiger partial charge in [-0.15, -0.1) is 0 Å². The van der Waals surface area contributed by atoms with Crippen LogP contribution < -0.4 is 10.6 Å². The van der Waals surface area contributed by atoms with Crippen LogP contribution in [0.15, 0.2) is 24.3 Å². The van der Waals surface area contributed by atoms with Crippen LogP contribution in [-0.2, 0) is 4.74 Å². The molecular weight excluding hydrogens is 262 g/mol. The largest absolute Gasteiger partial charge is 0.379 e. The first-order valence-corrected chi connectivity index (χ1v) is 8.21. The molecule has 2 aliphatic rings. The van der Waals surface area contributed by atoms with E-state index in [0.717, 1.165) is 45.8 Å². The van der Waals surface area contributed by atoms with Crippen molar-refractivity contribution in [3.05, 3.63) is 29.8 Å². The first kappa shape index (κ1) is 14.8. The molecule has 1 aromatic rings. The summed E-state index contributed by atoms with van der Waals surface area (Å²) >= 11 is 0. The molecule has 0 aromatic heterocycles. The van der Waals surface area contributed by atoms with E-state index in [9.17, 15) is 0 Å². The van der Waals surface area contributed by atoms with Gasteiger partial charge in [-0.25, -0.2) is 0 Å². The van der Waals surface area contributed by atoms with E-state index >= 15 is 0 Å². The van der Waals surface area contributed by atoms with Crippen LogP contribution >= 0.6 is 0 Å². The van der Waals surface area contributed by atoms with Gasteiger partial charge < -0.3 is 15.4 Å². The van der Waals surface area contributed by atoms with Crippen LogP contribution in [0.4, 0.5) is 5.69 Å². The number of ether oxygens (including phenoxy) is 1. The van der Waals surface area contributed by atoms with Gasteiger partial charge >= 0.3 is 0 Å². The Kier molecular flexibility index (Phi) is 4.78. The minimum atomic E-state index is 0.142. The standard InChI is InChI=1S/C17H27N3O/c1-2-16(18)15-5-3-4-6-17(15)20-8-7-14(13-20)19-9-11-21-12-10-19/h3-6,14,16H,2,7-13,18H2,1H3. The summed E-state index contributed by atoms with van der Waals surface area (Å²) in [5.74, 6) is 0. The lowest BCUT2D eigenvalue weighted by Crippen LogP contribution is -2.44. The lowest BCUT2D eigenvalue weighted by Gasteiger charge is -2.32. The lowest BCUT2D eigenvalue weighted by molar-refractivity contribution is 0.0209. The van der Waals surface area contributed by atoms with Crippen LogP contribution in [0.1, 0.15) is 31.4 Å². The second kappa shape index (κ2) is 6.77. The molecule has 4 nitrogen and oxygen atoms in total. The predicted octanol–water partition coefficient (Wildman–Crippen LogP) is 2.01. The van der Waals surface area contributed by atoms with Crippen molar-refractivity contribution in [1.82, 2.24) is 4.90 Å². The number of hydrogen-bond donors (Lipinski definition) is 1. The third-order valence-electron chi connectivity index (χ3n) is 4.84. The van der Waals surface area contributed by atoms with Gasteiger partial charge in [0, 0.05) is 44.0 Å². The van der Waals surface area contributed by atoms with Crippen LogP contribution in [0.2, 0.25) is 0 Å². The van der Waals surface area contributed by atoms with E-state index in [1.165, 1.54) is 17.7 Å². The van der Waals surface area contributed by atoms with Gasteiger partial charge in [0.1, 0.15) is 0 Å². The molecule has 0 amide bonds. The highest BCUT2D eigenvalue weighted by Gasteiger charge is 2.29. The minimum Gasteiger partial charge on any atom is -0.379 e. The molecule has 0 saturated carbocycles. The molecule has 116 valence electrons. The number of rotatable bonds is 4. The smallest absolute Gasteiger partial charge is 0.0594 e. The molecule has 2 fully saturated rings. The lowest BCUT2D eigenvalue weighted by atomic mass is 10.0. The number of hydrogen-bond acceptors (Lipinski definition) is 4. The van der Waals surface area contributed by atoms with Crippen molar-refractivity contribution in [3.8, 4) is 0 Å². The number of morpholine rings is 1. The SMILES string of the molecule is CCC(N)c1ccccc1N1CCC(N2CCOCC2)C1. The van der Waals surface area contributed by atoms with Crippen LogP contribution in [-0.4, -0.2) is 50.3 Å². The number of nitrogens with two attached hydrogens (primary N) is 1. The van der Waals surface area contributed by atoms with Crippen LogP contribution in [0.25, 0.3) is 0 Å². The van der Waals surface area contributed by atoms with Crippen molar-refractivity contribution < 1.29 is 4.74 Å². The maximum absolute atomic E-state index is 6.29. The van der Waals surface area contributed by atoms with Gasteiger partial charge in [-0.05, 0) is 24.5 Å². The van der Waals surface area contributed by atoms with E-state index in [0.29, 0.717) is 6.04 Å². The Bertz CT molecular complexity index is 459.